The first kappa shape index (κ1) is 10.2. The minimum absolute atomic E-state index is 0.571. The fourth-order valence-electron chi connectivity index (χ4n) is 2.19. The molecule has 0 unspecified atom stereocenters. The average molecular weight is 258 g/mol. The highest BCUT2D eigenvalue weighted by atomic mass is 79.9. The van der Waals surface area contributed by atoms with E-state index in [-0.39, 0.29) is 0 Å². The summed E-state index contributed by atoms with van der Waals surface area (Å²) in [6.45, 7) is 0.840. The summed E-state index contributed by atoms with van der Waals surface area (Å²) in [4.78, 5) is 0. The lowest BCUT2D eigenvalue weighted by Gasteiger charge is -2.28. The maximum Gasteiger partial charge on any atom is 0.104 e. The molecule has 14 heavy (non-hydrogen) atoms. The van der Waals surface area contributed by atoms with Gasteiger partial charge in [0.2, 0.25) is 0 Å². The van der Waals surface area contributed by atoms with Crippen molar-refractivity contribution in [2.24, 2.45) is 11.7 Å². The quantitative estimate of drug-likeness (QED) is 0.884. The molecule has 1 fully saturated rings. The Balaban J connectivity index is 1.99. The summed E-state index contributed by atoms with van der Waals surface area (Å²) < 4.78 is 3.18. The van der Waals surface area contributed by atoms with Crippen molar-refractivity contribution in [1.29, 1.82) is 0 Å². The molecule has 0 aliphatic heterocycles. The molecular weight excluding hydrogens is 242 g/mol. The zero-order chi connectivity index (χ0) is 9.97. The molecule has 1 heterocycles. The van der Waals surface area contributed by atoms with Gasteiger partial charge in [-0.25, -0.2) is 0 Å². The number of rotatable bonds is 2. The van der Waals surface area contributed by atoms with E-state index in [1.807, 2.05) is 12.3 Å². The van der Waals surface area contributed by atoms with Gasteiger partial charge in [0, 0.05) is 0 Å². The summed E-state index contributed by atoms with van der Waals surface area (Å²) in [6.07, 6.45) is 6.75. The van der Waals surface area contributed by atoms with E-state index in [0.717, 1.165) is 17.1 Å². The van der Waals surface area contributed by atoms with Gasteiger partial charge in [-0.05, 0) is 60.1 Å². The minimum Gasteiger partial charge on any atom is -0.330 e. The summed E-state index contributed by atoms with van der Waals surface area (Å²) >= 11 is 3.51. The van der Waals surface area contributed by atoms with Crippen LogP contribution < -0.4 is 5.73 Å². The first-order valence-corrected chi connectivity index (χ1v) is 5.99. The van der Waals surface area contributed by atoms with Gasteiger partial charge in [-0.15, -0.1) is 0 Å². The lowest BCUT2D eigenvalue weighted by molar-refractivity contribution is 0.262. The van der Waals surface area contributed by atoms with Gasteiger partial charge in [-0.3, -0.25) is 4.68 Å². The van der Waals surface area contributed by atoms with Gasteiger partial charge >= 0.3 is 0 Å². The fourth-order valence-corrected chi connectivity index (χ4v) is 2.69. The summed E-state index contributed by atoms with van der Waals surface area (Å²) in [5, 5.41) is 4.33. The molecule has 1 aromatic heterocycles. The predicted molar refractivity (Wildman–Crippen MR) is 60.0 cm³/mol. The number of hydrogen-bond acceptors (Lipinski definition) is 2. The lowest BCUT2D eigenvalue weighted by Crippen LogP contribution is -2.23. The molecule has 0 atom stereocenters. The van der Waals surface area contributed by atoms with E-state index in [2.05, 4.69) is 25.7 Å². The van der Waals surface area contributed by atoms with Crippen LogP contribution in [0, 0.1) is 5.92 Å². The van der Waals surface area contributed by atoms with Gasteiger partial charge in [0.25, 0.3) is 0 Å². The van der Waals surface area contributed by atoms with Gasteiger partial charge < -0.3 is 5.73 Å². The molecule has 0 saturated heterocycles. The normalized spacial score (nSPS) is 27.9. The van der Waals surface area contributed by atoms with Crippen molar-refractivity contribution in [1.82, 2.24) is 9.78 Å². The van der Waals surface area contributed by atoms with E-state index in [4.69, 9.17) is 5.73 Å². The third kappa shape index (κ3) is 2.01. The van der Waals surface area contributed by atoms with Crippen LogP contribution in [0.2, 0.25) is 0 Å². The maximum atomic E-state index is 5.67. The Labute approximate surface area is 92.8 Å². The van der Waals surface area contributed by atoms with Crippen molar-refractivity contribution in [3.8, 4) is 0 Å². The molecule has 78 valence electrons. The van der Waals surface area contributed by atoms with Crippen LogP contribution in [0.15, 0.2) is 16.9 Å². The van der Waals surface area contributed by atoms with Crippen molar-refractivity contribution >= 4 is 15.9 Å². The van der Waals surface area contributed by atoms with Crippen LogP contribution in [0.25, 0.3) is 0 Å². The lowest BCUT2D eigenvalue weighted by atomic mass is 9.86. The second-order valence-corrected chi connectivity index (χ2v) is 4.82. The smallest absolute Gasteiger partial charge is 0.104 e. The molecular formula is C10H16BrN3. The molecule has 1 saturated carbocycles. The van der Waals surface area contributed by atoms with Crippen molar-refractivity contribution in [3.05, 3.63) is 16.9 Å². The Hall–Kier alpha value is -0.350. The Morgan fingerprint density at radius 2 is 2.14 bits per heavy atom. The number of halogens is 1. The van der Waals surface area contributed by atoms with E-state index in [0.29, 0.717) is 6.04 Å². The molecule has 0 aromatic carbocycles. The molecule has 1 aromatic rings. The number of nitrogens with two attached hydrogens (primary N) is 1. The number of aromatic nitrogens is 2. The van der Waals surface area contributed by atoms with Crippen molar-refractivity contribution in [2.75, 3.05) is 6.54 Å². The Morgan fingerprint density at radius 3 is 2.64 bits per heavy atom. The van der Waals surface area contributed by atoms with Crippen molar-refractivity contribution < 1.29 is 0 Å². The minimum atomic E-state index is 0.571. The number of nitrogens with zero attached hydrogens (tertiary/aromatic N) is 2. The summed E-state index contributed by atoms with van der Waals surface area (Å²) in [5.41, 5.74) is 5.67. The third-order valence-electron chi connectivity index (χ3n) is 3.12. The van der Waals surface area contributed by atoms with Crippen LogP contribution in [-0.4, -0.2) is 16.3 Å². The predicted octanol–water partition coefficient (Wildman–Crippen LogP) is 2.34. The molecule has 0 amide bonds. The topological polar surface area (TPSA) is 43.8 Å². The standard InChI is InChI=1S/C10H16BrN3/c11-10-5-6-13-14(10)9-3-1-8(7-12)2-4-9/h5-6,8-9H,1-4,7,12H2. The molecule has 0 bridgehead atoms. The molecule has 1 aliphatic rings. The molecule has 1 aliphatic carbocycles. The zero-order valence-electron chi connectivity index (χ0n) is 8.19. The first-order valence-electron chi connectivity index (χ1n) is 5.20. The van der Waals surface area contributed by atoms with Crippen molar-refractivity contribution in [2.45, 2.75) is 31.7 Å². The third-order valence-corrected chi connectivity index (χ3v) is 3.75. The fraction of sp³-hybridized carbons (Fsp3) is 0.700. The molecule has 2 rings (SSSR count). The van der Waals surface area contributed by atoms with Crippen LogP contribution in [-0.2, 0) is 0 Å². The second-order valence-electron chi connectivity index (χ2n) is 4.01. The first-order chi connectivity index (χ1) is 6.81. The molecule has 0 radical (unpaired) electrons. The van der Waals surface area contributed by atoms with E-state index in [9.17, 15) is 0 Å². The van der Waals surface area contributed by atoms with Gasteiger partial charge in [0.05, 0.1) is 12.2 Å². The van der Waals surface area contributed by atoms with Crippen LogP contribution in [0.5, 0.6) is 0 Å². The van der Waals surface area contributed by atoms with Gasteiger partial charge in [-0.1, -0.05) is 0 Å². The van der Waals surface area contributed by atoms with Gasteiger partial charge in [0.15, 0.2) is 0 Å². The van der Waals surface area contributed by atoms with Crippen LogP contribution in [0.1, 0.15) is 31.7 Å². The summed E-state index contributed by atoms with van der Waals surface area (Å²) in [6, 6.07) is 2.57. The average Bonchev–Trinajstić information content (AvgIpc) is 2.65. The second kappa shape index (κ2) is 4.45. The highest BCUT2D eigenvalue weighted by Crippen LogP contribution is 2.32. The van der Waals surface area contributed by atoms with Gasteiger partial charge in [-0.2, -0.15) is 5.10 Å². The Bertz CT molecular complexity index is 289. The number of hydrogen-bond donors (Lipinski definition) is 1. The van der Waals surface area contributed by atoms with Gasteiger partial charge in [0.1, 0.15) is 4.60 Å². The molecule has 4 heteroatoms. The van der Waals surface area contributed by atoms with E-state index in [1.165, 1.54) is 25.7 Å². The largest absolute Gasteiger partial charge is 0.330 e. The molecule has 3 nitrogen and oxygen atoms in total. The van der Waals surface area contributed by atoms with Crippen LogP contribution in [0.4, 0.5) is 0 Å². The maximum absolute atomic E-state index is 5.67. The Kier molecular flexibility index (Phi) is 3.23. The van der Waals surface area contributed by atoms with Crippen LogP contribution in [0.3, 0.4) is 0 Å². The van der Waals surface area contributed by atoms with Crippen molar-refractivity contribution in [3.63, 3.8) is 0 Å². The monoisotopic (exact) mass is 257 g/mol. The molecule has 0 spiro atoms. The van der Waals surface area contributed by atoms with Crippen LogP contribution >= 0.6 is 15.9 Å². The van der Waals surface area contributed by atoms with E-state index >= 15 is 0 Å². The Morgan fingerprint density at radius 1 is 1.43 bits per heavy atom. The zero-order valence-corrected chi connectivity index (χ0v) is 9.78. The van der Waals surface area contributed by atoms with E-state index in [1.54, 1.807) is 0 Å². The summed E-state index contributed by atoms with van der Waals surface area (Å²) in [5.74, 6) is 0.737. The van der Waals surface area contributed by atoms with E-state index < -0.39 is 0 Å². The highest BCUT2D eigenvalue weighted by molar-refractivity contribution is 9.10. The molecule has 2 N–H and O–H groups in total. The highest BCUT2D eigenvalue weighted by Gasteiger charge is 2.22. The SMILES string of the molecule is NCC1CCC(n2nccc2Br)CC1. The summed E-state index contributed by atoms with van der Waals surface area (Å²) in [7, 11) is 0.